The Morgan fingerprint density at radius 1 is 1.40 bits per heavy atom. The first-order chi connectivity index (χ1) is 7.29. The fourth-order valence-corrected chi connectivity index (χ4v) is 1.80. The number of pyridine rings is 1. The molecule has 1 fully saturated rings. The van der Waals surface area contributed by atoms with Crippen molar-refractivity contribution < 1.29 is 0 Å². The maximum Gasteiger partial charge on any atom is 0.0547 e. The Bertz CT molecular complexity index is 320. The van der Waals surface area contributed by atoms with Crippen LogP contribution in [0.1, 0.15) is 24.2 Å². The van der Waals surface area contributed by atoms with Gasteiger partial charge in [-0.15, -0.1) is 0 Å². The van der Waals surface area contributed by atoms with Crippen LogP contribution < -0.4 is 5.32 Å². The largest absolute Gasteiger partial charge is 0.314 e. The zero-order valence-corrected chi connectivity index (χ0v) is 9.53. The average Bonchev–Trinajstić information content (AvgIpc) is 3.01. The third kappa shape index (κ3) is 3.01. The van der Waals surface area contributed by atoms with Gasteiger partial charge in [0.1, 0.15) is 0 Å². The lowest BCUT2D eigenvalue weighted by molar-refractivity contribution is 0.312. The van der Waals surface area contributed by atoms with Gasteiger partial charge < -0.3 is 5.32 Å². The first kappa shape index (κ1) is 10.6. The molecule has 1 aromatic rings. The van der Waals surface area contributed by atoms with Gasteiger partial charge in [0.05, 0.1) is 11.4 Å². The molecule has 0 bridgehead atoms. The molecule has 0 saturated heterocycles. The van der Waals surface area contributed by atoms with E-state index in [1.165, 1.54) is 18.5 Å². The summed E-state index contributed by atoms with van der Waals surface area (Å²) < 4.78 is 0. The van der Waals surface area contributed by atoms with Gasteiger partial charge in [0.15, 0.2) is 0 Å². The Kier molecular flexibility index (Phi) is 3.34. The van der Waals surface area contributed by atoms with E-state index in [1.54, 1.807) is 0 Å². The fourth-order valence-electron chi connectivity index (χ4n) is 1.80. The Hall–Kier alpha value is -0.930. The lowest BCUT2D eigenvalue weighted by Crippen LogP contribution is -2.21. The van der Waals surface area contributed by atoms with Crippen LogP contribution in [0.4, 0.5) is 0 Å². The van der Waals surface area contributed by atoms with Crippen LogP contribution in [0.25, 0.3) is 0 Å². The zero-order chi connectivity index (χ0) is 10.7. The minimum Gasteiger partial charge on any atom is -0.314 e. The molecule has 1 aliphatic carbocycles. The smallest absolute Gasteiger partial charge is 0.0547 e. The summed E-state index contributed by atoms with van der Waals surface area (Å²) in [5.74, 6) is 0. The van der Waals surface area contributed by atoms with Crippen LogP contribution in [0.15, 0.2) is 18.2 Å². The van der Waals surface area contributed by atoms with Gasteiger partial charge >= 0.3 is 0 Å². The molecule has 0 atom stereocenters. The van der Waals surface area contributed by atoms with E-state index < -0.39 is 0 Å². The molecule has 0 amide bonds. The van der Waals surface area contributed by atoms with E-state index in [0.29, 0.717) is 0 Å². The fraction of sp³-hybridized carbons (Fsp3) is 0.583. The molecule has 82 valence electrons. The van der Waals surface area contributed by atoms with Crippen molar-refractivity contribution in [3.8, 4) is 0 Å². The first-order valence-corrected chi connectivity index (χ1v) is 5.59. The molecule has 3 heteroatoms. The SMILES string of the molecule is CNCc1cccc(CN(C)C2CC2)n1. The number of hydrogen-bond acceptors (Lipinski definition) is 3. The number of rotatable bonds is 5. The van der Waals surface area contributed by atoms with Gasteiger partial charge in [-0.3, -0.25) is 9.88 Å². The Morgan fingerprint density at radius 2 is 2.13 bits per heavy atom. The monoisotopic (exact) mass is 205 g/mol. The predicted molar refractivity (Wildman–Crippen MR) is 61.5 cm³/mol. The molecule has 1 heterocycles. The third-order valence-corrected chi connectivity index (χ3v) is 2.80. The van der Waals surface area contributed by atoms with Gasteiger partial charge in [-0.2, -0.15) is 0 Å². The van der Waals surface area contributed by atoms with E-state index >= 15 is 0 Å². The van der Waals surface area contributed by atoms with Crippen LogP contribution in [0.3, 0.4) is 0 Å². The number of nitrogens with zero attached hydrogens (tertiary/aromatic N) is 2. The summed E-state index contributed by atoms with van der Waals surface area (Å²) >= 11 is 0. The van der Waals surface area contributed by atoms with Gasteiger partial charge in [-0.25, -0.2) is 0 Å². The molecule has 1 saturated carbocycles. The van der Waals surface area contributed by atoms with Gasteiger partial charge in [0, 0.05) is 19.1 Å². The quantitative estimate of drug-likeness (QED) is 0.787. The molecule has 1 N–H and O–H groups in total. The Morgan fingerprint density at radius 3 is 2.80 bits per heavy atom. The molecule has 1 aromatic heterocycles. The van der Waals surface area contributed by atoms with E-state index in [9.17, 15) is 0 Å². The van der Waals surface area contributed by atoms with Crippen molar-refractivity contribution in [3.05, 3.63) is 29.6 Å². The normalized spacial score (nSPS) is 15.9. The van der Waals surface area contributed by atoms with Gasteiger partial charge in [-0.05, 0) is 39.1 Å². The molecule has 0 spiro atoms. The topological polar surface area (TPSA) is 28.2 Å². The highest BCUT2D eigenvalue weighted by molar-refractivity contribution is 5.11. The van der Waals surface area contributed by atoms with Gasteiger partial charge in [0.25, 0.3) is 0 Å². The second-order valence-corrected chi connectivity index (χ2v) is 4.30. The van der Waals surface area contributed by atoms with E-state index in [4.69, 9.17) is 0 Å². The van der Waals surface area contributed by atoms with Crippen molar-refractivity contribution >= 4 is 0 Å². The molecule has 0 aromatic carbocycles. The second-order valence-electron chi connectivity index (χ2n) is 4.30. The standard InChI is InChI=1S/C12H19N3/c1-13-8-10-4-3-5-11(14-10)9-15(2)12-6-7-12/h3-5,12-13H,6-9H2,1-2H3. The van der Waals surface area contributed by atoms with Crippen LogP contribution in [0, 0.1) is 0 Å². The average molecular weight is 205 g/mol. The summed E-state index contributed by atoms with van der Waals surface area (Å²) in [5.41, 5.74) is 2.30. The molecule has 0 aliphatic heterocycles. The summed E-state index contributed by atoms with van der Waals surface area (Å²) in [6.45, 7) is 1.82. The summed E-state index contributed by atoms with van der Waals surface area (Å²) in [7, 11) is 4.13. The van der Waals surface area contributed by atoms with Crippen molar-refractivity contribution in [2.75, 3.05) is 14.1 Å². The van der Waals surface area contributed by atoms with Crippen LogP contribution in [0.5, 0.6) is 0 Å². The van der Waals surface area contributed by atoms with Crippen LogP contribution in [-0.4, -0.2) is 30.0 Å². The molecule has 1 aliphatic rings. The van der Waals surface area contributed by atoms with E-state index in [0.717, 1.165) is 24.8 Å². The molecular formula is C12H19N3. The summed E-state index contributed by atoms with van der Waals surface area (Å²) in [4.78, 5) is 7.00. The zero-order valence-electron chi connectivity index (χ0n) is 9.53. The van der Waals surface area contributed by atoms with Gasteiger partial charge in [-0.1, -0.05) is 6.07 Å². The Balaban J connectivity index is 1.97. The summed E-state index contributed by atoms with van der Waals surface area (Å²) in [5, 5.41) is 3.12. The van der Waals surface area contributed by atoms with Crippen molar-refractivity contribution in [2.45, 2.75) is 32.0 Å². The number of aromatic nitrogens is 1. The second kappa shape index (κ2) is 4.73. The Labute approximate surface area is 91.5 Å². The van der Waals surface area contributed by atoms with Crippen LogP contribution in [-0.2, 0) is 13.1 Å². The molecular weight excluding hydrogens is 186 g/mol. The summed E-state index contributed by atoms with van der Waals surface area (Å²) in [6.07, 6.45) is 2.71. The molecule has 2 rings (SSSR count). The first-order valence-electron chi connectivity index (χ1n) is 5.59. The maximum absolute atomic E-state index is 4.61. The molecule has 15 heavy (non-hydrogen) atoms. The third-order valence-electron chi connectivity index (χ3n) is 2.80. The molecule has 3 nitrogen and oxygen atoms in total. The van der Waals surface area contributed by atoms with Crippen molar-refractivity contribution in [1.82, 2.24) is 15.2 Å². The highest BCUT2D eigenvalue weighted by atomic mass is 15.2. The van der Waals surface area contributed by atoms with Crippen molar-refractivity contribution in [3.63, 3.8) is 0 Å². The van der Waals surface area contributed by atoms with Crippen molar-refractivity contribution in [1.29, 1.82) is 0 Å². The summed E-state index contributed by atoms with van der Waals surface area (Å²) in [6, 6.07) is 7.07. The number of hydrogen-bond donors (Lipinski definition) is 1. The van der Waals surface area contributed by atoms with Crippen LogP contribution >= 0.6 is 0 Å². The van der Waals surface area contributed by atoms with E-state index in [-0.39, 0.29) is 0 Å². The highest BCUT2D eigenvalue weighted by Gasteiger charge is 2.25. The predicted octanol–water partition coefficient (Wildman–Crippen LogP) is 1.40. The van der Waals surface area contributed by atoms with E-state index in [1.807, 2.05) is 7.05 Å². The molecule has 0 unspecified atom stereocenters. The maximum atomic E-state index is 4.61. The van der Waals surface area contributed by atoms with Gasteiger partial charge in [0.2, 0.25) is 0 Å². The van der Waals surface area contributed by atoms with E-state index in [2.05, 4.69) is 40.4 Å². The lowest BCUT2D eigenvalue weighted by Gasteiger charge is -2.15. The highest BCUT2D eigenvalue weighted by Crippen LogP contribution is 2.26. The molecule has 0 radical (unpaired) electrons. The lowest BCUT2D eigenvalue weighted by atomic mass is 10.3. The van der Waals surface area contributed by atoms with Crippen molar-refractivity contribution in [2.24, 2.45) is 0 Å². The minimum atomic E-state index is 0.805. The van der Waals surface area contributed by atoms with Crippen LogP contribution in [0.2, 0.25) is 0 Å². The number of nitrogens with one attached hydrogen (secondary N) is 1. The minimum absolute atomic E-state index is 0.805.